The maximum atomic E-state index is 12.0. The highest BCUT2D eigenvalue weighted by molar-refractivity contribution is 5.96. The Morgan fingerprint density at radius 2 is 1.77 bits per heavy atom. The summed E-state index contributed by atoms with van der Waals surface area (Å²) in [5.41, 5.74) is 0.754. The van der Waals surface area contributed by atoms with E-state index in [-0.39, 0.29) is 31.6 Å². The van der Waals surface area contributed by atoms with Crippen molar-refractivity contribution in [3.63, 3.8) is 0 Å². The molecule has 0 rings (SSSR count). The van der Waals surface area contributed by atoms with Crippen molar-refractivity contribution in [2.75, 3.05) is 6.54 Å². The molecule has 0 fully saturated rings. The van der Waals surface area contributed by atoms with Crippen molar-refractivity contribution in [2.24, 2.45) is 0 Å². The smallest absolute Gasteiger partial charge is 0.233 e. The van der Waals surface area contributed by atoms with E-state index in [1.165, 1.54) is 4.90 Å². The number of hydrogen-bond donors (Lipinski definition) is 1. The van der Waals surface area contributed by atoms with E-state index in [2.05, 4.69) is 11.9 Å². The first-order chi connectivity index (χ1) is 10.3. The Morgan fingerprint density at radius 1 is 1.14 bits per heavy atom. The average molecular weight is 312 g/mol. The fraction of sp³-hybridized carbons (Fsp3) is 0.706. The lowest BCUT2D eigenvalue weighted by Gasteiger charge is -2.20. The van der Waals surface area contributed by atoms with Gasteiger partial charge in [0.05, 0.1) is 0 Å². The summed E-state index contributed by atoms with van der Waals surface area (Å²) in [6.07, 6.45) is 3.32. The van der Waals surface area contributed by atoms with Gasteiger partial charge in [0, 0.05) is 33.3 Å². The lowest BCUT2D eigenvalue weighted by molar-refractivity contribution is -0.144. The van der Waals surface area contributed by atoms with Crippen molar-refractivity contribution in [3.05, 3.63) is 12.2 Å². The molecule has 0 aliphatic rings. The highest BCUT2D eigenvalue weighted by atomic mass is 16.2. The monoisotopic (exact) mass is 312 g/mol. The van der Waals surface area contributed by atoms with Gasteiger partial charge in [0.2, 0.25) is 17.7 Å². The van der Waals surface area contributed by atoms with E-state index in [9.17, 15) is 14.4 Å². The molecule has 0 aromatic rings. The SMILES string of the molecule is C=C(C)CC(=O)N(CCCCCC(=O)NC(C)C)C(=O)CC.[HH]. The molecule has 1 N–H and O–H groups in total. The van der Waals surface area contributed by atoms with Crippen LogP contribution in [0.15, 0.2) is 12.2 Å². The molecule has 3 amide bonds. The van der Waals surface area contributed by atoms with Gasteiger partial charge in [0.25, 0.3) is 0 Å². The molecule has 0 saturated carbocycles. The number of nitrogens with zero attached hydrogens (tertiary/aromatic N) is 1. The first-order valence-corrected chi connectivity index (χ1v) is 8.04. The first-order valence-electron chi connectivity index (χ1n) is 8.04. The standard InChI is InChI=1S/C17H30N2O3.H2/c1-6-16(21)19(17(22)12-13(2)3)11-9-7-8-10-15(20)18-14(4)5;/h14H,2,6-12H2,1,3-5H3,(H,18,20);1H. The summed E-state index contributed by atoms with van der Waals surface area (Å²) in [5, 5.41) is 2.84. The maximum absolute atomic E-state index is 12.0. The minimum Gasteiger partial charge on any atom is -0.354 e. The fourth-order valence-corrected chi connectivity index (χ4v) is 2.06. The third kappa shape index (κ3) is 9.32. The van der Waals surface area contributed by atoms with Crippen LogP contribution in [-0.4, -0.2) is 35.2 Å². The predicted molar refractivity (Wildman–Crippen MR) is 90.3 cm³/mol. The van der Waals surface area contributed by atoms with Gasteiger partial charge in [-0.1, -0.05) is 25.5 Å². The van der Waals surface area contributed by atoms with Crippen LogP contribution in [0, 0.1) is 0 Å². The molecule has 0 atom stereocenters. The van der Waals surface area contributed by atoms with Crippen LogP contribution >= 0.6 is 0 Å². The van der Waals surface area contributed by atoms with Crippen LogP contribution < -0.4 is 5.32 Å². The molecule has 5 nitrogen and oxygen atoms in total. The summed E-state index contributed by atoms with van der Waals surface area (Å²) in [4.78, 5) is 36.7. The van der Waals surface area contributed by atoms with Crippen LogP contribution in [0.5, 0.6) is 0 Å². The molecule has 5 heteroatoms. The van der Waals surface area contributed by atoms with E-state index in [4.69, 9.17) is 0 Å². The second kappa shape index (κ2) is 11.0. The number of imide groups is 1. The Balaban J connectivity index is 0. The summed E-state index contributed by atoms with van der Waals surface area (Å²) in [7, 11) is 0. The van der Waals surface area contributed by atoms with Crippen LogP contribution in [-0.2, 0) is 14.4 Å². The zero-order chi connectivity index (χ0) is 17.1. The number of rotatable bonds is 10. The van der Waals surface area contributed by atoms with Gasteiger partial charge in [0.1, 0.15) is 0 Å². The molecule has 22 heavy (non-hydrogen) atoms. The van der Waals surface area contributed by atoms with E-state index < -0.39 is 0 Å². The van der Waals surface area contributed by atoms with Crippen molar-refractivity contribution < 1.29 is 15.8 Å². The second-order valence-corrected chi connectivity index (χ2v) is 5.96. The Bertz CT molecular complexity index is 409. The molecule has 0 heterocycles. The van der Waals surface area contributed by atoms with Gasteiger partial charge < -0.3 is 5.32 Å². The largest absolute Gasteiger partial charge is 0.354 e. The highest BCUT2D eigenvalue weighted by Gasteiger charge is 2.19. The summed E-state index contributed by atoms with van der Waals surface area (Å²) < 4.78 is 0. The van der Waals surface area contributed by atoms with Crippen molar-refractivity contribution in [3.8, 4) is 0 Å². The molecule has 0 aliphatic heterocycles. The molecular formula is C17H32N2O3. The molecule has 0 unspecified atom stereocenters. The topological polar surface area (TPSA) is 66.5 Å². The normalized spacial score (nSPS) is 10.4. The molecular weight excluding hydrogens is 280 g/mol. The molecule has 0 aromatic heterocycles. The summed E-state index contributed by atoms with van der Waals surface area (Å²) >= 11 is 0. The minimum absolute atomic E-state index is 0. The average Bonchev–Trinajstić information content (AvgIpc) is 2.40. The maximum Gasteiger partial charge on any atom is 0.233 e. The van der Waals surface area contributed by atoms with Gasteiger partial charge in [0.15, 0.2) is 0 Å². The number of carbonyl (C=O) groups excluding carboxylic acids is 3. The molecule has 0 saturated heterocycles. The molecule has 0 aliphatic carbocycles. The van der Waals surface area contributed by atoms with Crippen LogP contribution in [0.1, 0.15) is 67.6 Å². The van der Waals surface area contributed by atoms with Crippen LogP contribution in [0.4, 0.5) is 0 Å². The number of amides is 3. The zero-order valence-electron chi connectivity index (χ0n) is 14.4. The molecule has 0 radical (unpaired) electrons. The van der Waals surface area contributed by atoms with Crippen LogP contribution in [0.2, 0.25) is 0 Å². The third-order valence-electron chi connectivity index (χ3n) is 3.09. The fourth-order valence-electron chi connectivity index (χ4n) is 2.06. The van der Waals surface area contributed by atoms with Gasteiger partial charge in [-0.25, -0.2) is 0 Å². The van der Waals surface area contributed by atoms with Crippen molar-refractivity contribution in [1.29, 1.82) is 0 Å². The quantitative estimate of drug-likeness (QED) is 0.498. The molecule has 0 spiro atoms. The highest BCUT2D eigenvalue weighted by Crippen LogP contribution is 2.08. The Morgan fingerprint density at radius 3 is 2.27 bits per heavy atom. The van der Waals surface area contributed by atoms with Crippen LogP contribution in [0.25, 0.3) is 0 Å². The summed E-state index contributed by atoms with van der Waals surface area (Å²) in [5.74, 6) is -0.282. The van der Waals surface area contributed by atoms with Crippen molar-refractivity contribution >= 4 is 17.7 Å². The molecule has 128 valence electrons. The lowest BCUT2D eigenvalue weighted by atomic mass is 10.1. The Kier molecular flexibility index (Phi) is 10.2. The summed E-state index contributed by atoms with van der Waals surface area (Å²) in [6, 6.07) is 0.157. The van der Waals surface area contributed by atoms with Gasteiger partial charge >= 0.3 is 0 Å². The Labute approximate surface area is 135 Å². The zero-order valence-corrected chi connectivity index (χ0v) is 14.4. The second-order valence-electron chi connectivity index (χ2n) is 5.96. The number of nitrogens with one attached hydrogen (secondary N) is 1. The van der Waals surface area contributed by atoms with Gasteiger partial charge in [-0.05, 0) is 33.6 Å². The molecule has 0 bridgehead atoms. The van der Waals surface area contributed by atoms with E-state index >= 15 is 0 Å². The van der Waals surface area contributed by atoms with E-state index in [1.54, 1.807) is 13.8 Å². The van der Waals surface area contributed by atoms with E-state index in [0.29, 0.717) is 19.4 Å². The van der Waals surface area contributed by atoms with Crippen molar-refractivity contribution in [1.82, 2.24) is 10.2 Å². The van der Waals surface area contributed by atoms with Gasteiger partial charge in [-0.2, -0.15) is 0 Å². The number of unbranched alkanes of at least 4 members (excludes halogenated alkanes) is 2. The minimum atomic E-state index is -0.183. The van der Waals surface area contributed by atoms with E-state index in [1.807, 2.05) is 13.8 Å². The first kappa shape index (κ1) is 20.3. The summed E-state index contributed by atoms with van der Waals surface area (Å²) in [6.45, 7) is 11.5. The van der Waals surface area contributed by atoms with E-state index in [0.717, 1.165) is 24.8 Å². The molecule has 0 aromatic carbocycles. The van der Waals surface area contributed by atoms with Gasteiger partial charge in [-0.3, -0.25) is 19.3 Å². The van der Waals surface area contributed by atoms with Crippen LogP contribution in [0.3, 0.4) is 0 Å². The third-order valence-corrected chi connectivity index (χ3v) is 3.09. The number of carbonyl (C=O) groups is 3. The van der Waals surface area contributed by atoms with Gasteiger partial charge in [-0.15, -0.1) is 0 Å². The Hall–Kier alpha value is -1.65. The van der Waals surface area contributed by atoms with Crippen molar-refractivity contribution in [2.45, 2.75) is 72.3 Å². The predicted octanol–water partition coefficient (Wildman–Crippen LogP) is 3.05. The lowest BCUT2D eigenvalue weighted by Crippen LogP contribution is -2.37. The number of hydrogen-bond acceptors (Lipinski definition) is 3.